The van der Waals surface area contributed by atoms with E-state index >= 15 is 0 Å². The van der Waals surface area contributed by atoms with Crippen LogP contribution in [0.25, 0.3) is 5.69 Å². The summed E-state index contributed by atoms with van der Waals surface area (Å²) in [6.07, 6.45) is 1.32. The molecule has 9 heteroatoms. The van der Waals surface area contributed by atoms with E-state index in [4.69, 9.17) is 0 Å². The number of para-hydroxylation sites is 1. The number of hydrogen-bond acceptors (Lipinski definition) is 4. The van der Waals surface area contributed by atoms with Crippen molar-refractivity contribution in [2.75, 3.05) is 0 Å². The van der Waals surface area contributed by atoms with Crippen molar-refractivity contribution in [3.05, 3.63) is 60.2 Å². The maximum absolute atomic E-state index is 13.5. The smallest absolute Gasteiger partial charge is 0.220 e. The van der Waals surface area contributed by atoms with Crippen molar-refractivity contribution in [2.24, 2.45) is 0 Å². The van der Waals surface area contributed by atoms with Gasteiger partial charge in [0.1, 0.15) is 6.33 Å². The SMILES string of the molecule is Fc1nc(F)c(F)c(Sc2ncn(-c3ccccc3)n2)c1F. The highest BCUT2D eigenvalue weighted by molar-refractivity contribution is 7.99. The lowest BCUT2D eigenvalue weighted by Crippen LogP contribution is -2.02. The monoisotopic (exact) mass is 326 g/mol. The third-order valence-corrected chi connectivity index (χ3v) is 3.57. The Morgan fingerprint density at radius 3 is 2.18 bits per heavy atom. The molecule has 0 radical (unpaired) electrons. The summed E-state index contributed by atoms with van der Waals surface area (Å²) in [5.41, 5.74) is 0.676. The Bertz CT molecular complexity index is 796. The van der Waals surface area contributed by atoms with Gasteiger partial charge in [-0.3, -0.25) is 0 Å². The van der Waals surface area contributed by atoms with E-state index in [9.17, 15) is 17.6 Å². The zero-order valence-electron chi connectivity index (χ0n) is 10.7. The van der Waals surface area contributed by atoms with Gasteiger partial charge in [0.2, 0.25) is 5.16 Å². The first-order chi connectivity index (χ1) is 10.6. The summed E-state index contributed by atoms with van der Waals surface area (Å²) in [6.45, 7) is 0. The van der Waals surface area contributed by atoms with E-state index in [1.54, 1.807) is 24.3 Å². The van der Waals surface area contributed by atoms with Gasteiger partial charge in [0, 0.05) is 0 Å². The maximum Gasteiger partial charge on any atom is 0.252 e. The highest BCUT2D eigenvalue weighted by Gasteiger charge is 2.23. The molecule has 112 valence electrons. The molecular formula is C13H6F4N4S. The number of rotatable bonds is 3. The molecule has 0 saturated carbocycles. The molecule has 0 fully saturated rings. The zero-order chi connectivity index (χ0) is 15.7. The van der Waals surface area contributed by atoms with Gasteiger partial charge in [-0.1, -0.05) is 18.2 Å². The number of pyridine rings is 1. The lowest BCUT2D eigenvalue weighted by molar-refractivity contribution is 0.383. The van der Waals surface area contributed by atoms with Crippen molar-refractivity contribution >= 4 is 11.8 Å². The number of halogens is 4. The van der Waals surface area contributed by atoms with Crippen molar-refractivity contribution in [1.82, 2.24) is 19.7 Å². The Morgan fingerprint density at radius 1 is 0.909 bits per heavy atom. The van der Waals surface area contributed by atoms with Crippen LogP contribution >= 0.6 is 11.8 Å². The predicted octanol–water partition coefficient (Wildman–Crippen LogP) is 3.37. The Labute approximate surface area is 125 Å². The molecule has 1 aromatic carbocycles. The van der Waals surface area contributed by atoms with Gasteiger partial charge in [-0.25, -0.2) is 18.4 Å². The molecule has 4 nitrogen and oxygen atoms in total. The van der Waals surface area contributed by atoms with Gasteiger partial charge in [0.15, 0.2) is 11.6 Å². The van der Waals surface area contributed by atoms with Crippen LogP contribution in [0.2, 0.25) is 0 Å². The van der Waals surface area contributed by atoms with Crippen LogP contribution in [0.1, 0.15) is 0 Å². The van der Waals surface area contributed by atoms with Crippen LogP contribution in [0.15, 0.2) is 46.7 Å². The van der Waals surface area contributed by atoms with E-state index < -0.39 is 28.4 Å². The second-order valence-electron chi connectivity index (χ2n) is 4.06. The predicted molar refractivity (Wildman–Crippen MR) is 69.6 cm³/mol. The van der Waals surface area contributed by atoms with Crippen LogP contribution in [0.5, 0.6) is 0 Å². The molecule has 0 N–H and O–H groups in total. The molecule has 0 atom stereocenters. The summed E-state index contributed by atoms with van der Waals surface area (Å²) in [5, 5.41) is 3.92. The van der Waals surface area contributed by atoms with E-state index in [1.807, 2.05) is 6.07 Å². The van der Waals surface area contributed by atoms with Gasteiger partial charge >= 0.3 is 0 Å². The molecule has 3 aromatic rings. The van der Waals surface area contributed by atoms with Crippen LogP contribution in [-0.4, -0.2) is 19.7 Å². The summed E-state index contributed by atoms with van der Waals surface area (Å²) in [7, 11) is 0. The summed E-state index contributed by atoms with van der Waals surface area (Å²) in [5.74, 6) is -6.60. The highest BCUT2D eigenvalue weighted by atomic mass is 32.2. The van der Waals surface area contributed by atoms with E-state index in [0.717, 1.165) is 0 Å². The summed E-state index contributed by atoms with van der Waals surface area (Å²) in [4.78, 5) is 5.45. The molecule has 0 aliphatic carbocycles. The second kappa shape index (κ2) is 5.76. The first-order valence-electron chi connectivity index (χ1n) is 5.91. The molecule has 3 rings (SSSR count). The first kappa shape index (κ1) is 14.5. The van der Waals surface area contributed by atoms with E-state index in [-0.39, 0.29) is 5.16 Å². The molecule has 2 heterocycles. The van der Waals surface area contributed by atoms with Gasteiger partial charge < -0.3 is 0 Å². The van der Waals surface area contributed by atoms with E-state index in [0.29, 0.717) is 17.4 Å². The molecule has 0 aliphatic rings. The average Bonchev–Trinajstić information content (AvgIpc) is 2.99. The van der Waals surface area contributed by atoms with Crippen molar-refractivity contribution in [3.8, 4) is 5.69 Å². The summed E-state index contributed by atoms with van der Waals surface area (Å²) >= 11 is 0.372. The van der Waals surface area contributed by atoms with Crippen LogP contribution < -0.4 is 0 Å². The number of nitrogens with zero attached hydrogens (tertiary/aromatic N) is 4. The molecule has 22 heavy (non-hydrogen) atoms. The third kappa shape index (κ3) is 2.67. The fraction of sp³-hybridized carbons (Fsp3) is 0. The van der Waals surface area contributed by atoms with Gasteiger partial charge in [0.25, 0.3) is 11.9 Å². The summed E-state index contributed by atoms with van der Waals surface area (Å²) < 4.78 is 54.5. The molecule has 2 aromatic heterocycles. The average molecular weight is 326 g/mol. The van der Waals surface area contributed by atoms with Gasteiger partial charge in [0.05, 0.1) is 10.6 Å². The number of aromatic nitrogens is 4. The van der Waals surface area contributed by atoms with Crippen molar-refractivity contribution in [1.29, 1.82) is 0 Å². The van der Waals surface area contributed by atoms with Gasteiger partial charge in [-0.15, -0.1) is 5.10 Å². The van der Waals surface area contributed by atoms with Crippen molar-refractivity contribution in [3.63, 3.8) is 0 Å². The Morgan fingerprint density at radius 2 is 1.55 bits per heavy atom. The Hall–Kier alpha value is -2.42. The topological polar surface area (TPSA) is 43.6 Å². The number of benzene rings is 1. The lowest BCUT2D eigenvalue weighted by Gasteiger charge is -2.03. The molecule has 0 spiro atoms. The zero-order valence-corrected chi connectivity index (χ0v) is 11.5. The molecule has 0 amide bonds. The fourth-order valence-corrected chi connectivity index (χ4v) is 2.41. The highest BCUT2D eigenvalue weighted by Crippen LogP contribution is 2.31. The van der Waals surface area contributed by atoms with Crippen LogP contribution in [0, 0.1) is 23.5 Å². The maximum atomic E-state index is 13.5. The summed E-state index contributed by atoms with van der Waals surface area (Å²) in [6, 6.07) is 8.85. The van der Waals surface area contributed by atoms with Gasteiger partial charge in [-0.05, 0) is 23.9 Å². The van der Waals surface area contributed by atoms with Crippen LogP contribution in [0.4, 0.5) is 17.6 Å². The van der Waals surface area contributed by atoms with Crippen LogP contribution in [-0.2, 0) is 0 Å². The van der Waals surface area contributed by atoms with E-state index in [2.05, 4.69) is 15.1 Å². The van der Waals surface area contributed by atoms with Crippen LogP contribution in [0.3, 0.4) is 0 Å². The standard InChI is InChI=1S/C13H6F4N4S/c14-8-10(9(15)12(17)19-11(8)16)22-13-18-6-21(20-13)7-4-2-1-3-5-7/h1-6H. The van der Waals surface area contributed by atoms with Crippen molar-refractivity contribution in [2.45, 2.75) is 10.1 Å². The number of hydrogen-bond donors (Lipinski definition) is 0. The molecule has 0 aliphatic heterocycles. The molecular weight excluding hydrogens is 320 g/mol. The molecule has 0 bridgehead atoms. The molecule has 0 saturated heterocycles. The fourth-order valence-electron chi connectivity index (χ4n) is 1.65. The minimum atomic E-state index is -1.72. The van der Waals surface area contributed by atoms with Crippen molar-refractivity contribution < 1.29 is 17.6 Å². The van der Waals surface area contributed by atoms with Gasteiger partial charge in [-0.2, -0.15) is 13.8 Å². The lowest BCUT2D eigenvalue weighted by atomic mass is 10.3. The minimum Gasteiger partial charge on any atom is -0.220 e. The third-order valence-electron chi connectivity index (χ3n) is 2.64. The first-order valence-corrected chi connectivity index (χ1v) is 6.73. The Balaban J connectivity index is 1.94. The minimum absolute atomic E-state index is 0.0633. The normalized spacial score (nSPS) is 10.9. The molecule has 0 unspecified atom stereocenters. The largest absolute Gasteiger partial charge is 0.252 e. The van der Waals surface area contributed by atoms with E-state index in [1.165, 1.54) is 11.0 Å². The quantitative estimate of drug-likeness (QED) is 0.547. The Kier molecular flexibility index (Phi) is 3.80. The second-order valence-corrected chi connectivity index (χ2v) is 5.04.